The van der Waals surface area contributed by atoms with Gasteiger partial charge < -0.3 is 14.8 Å². The molecule has 0 unspecified atom stereocenters. The number of hydrogen-bond donors (Lipinski definition) is 1. The zero-order chi connectivity index (χ0) is 17.4. The summed E-state index contributed by atoms with van der Waals surface area (Å²) in [5.41, 5.74) is 1.18. The Bertz CT molecular complexity index is 706. The van der Waals surface area contributed by atoms with Crippen LogP contribution >= 0.6 is 0 Å². The Morgan fingerprint density at radius 3 is 2.83 bits per heavy atom. The molecule has 1 heterocycles. The second kappa shape index (κ2) is 8.61. The normalized spacial score (nSPS) is 10.8. The van der Waals surface area contributed by atoms with Crippen molar-refractivity contribution in [2.75, 3.05) is 11.9 Å². The molecule has 0 saturated carbocycles. The van der Waals surface area contributed by atoms with E-state index in [1.807, 2.05) is 0 Å². The lowest BCUT2D eigenvalue weighted by Crippen LogP contribution is -2.07. The van der Waals surface area contributed by atoms with Gasteiger partial charge in [0.15, 0.2) is 11.5 Å². The highest BCUT2D eigenvalue weighted by atomic mass is 19.3. The van der Waals surface area contributed by atoms with Crippen LogP contribution in [0.15, 0.2) is 48.8 Å². The maximum Gasteiger partial charge on any atom is 0.387 e. The van der Waals surface area contributed by atoms with Gasteiger partial charge in [0, 0.05) is 12.3 Å². The van der Waals surface area contributed by atoms with Crippen molar-refractivity contribution in [3.63, 3.8) is 0 Å². The van der Waals surface area contributed by atoms with Crippen molar-refractivity contribution in [2.24, 2.45) is 0 Å². The van der Waals surface area contributed by atoms with Crippen molar-refractivity contribution in [3.05, 3.63) is 54.4 Å². The number of nitrogens with one attached hydrogen (secondary N) is 1. The number of benzene rings is 1. The first-order chi connectivity index (χ1) is 11.6. The molecule has 126 valence electrons. The molecule has 0 radical (unpaired) electrons. The topological polar surface area (TPSA) is 60.5 Å². The molecule has 0 spiro atoms. The molecule has 1 aromatic heterocycles. The minimum Gasteiger partial charge on any atom is -0.490 e. The number of amides is 1. The summed E-state index contributed by atoms with van der Waals surface area (Å²) in [7, 11) is 0. The van der Waals surface area contributed by atoms with Crippen LogP contribution in [0.25, 0.3) is 6.08 Å². The fraction of sp³-hybridized carbons (Fsp3) is 0.176. The van der Waals surface area contributed by atoms with Gasteiger partial charge in [0.05, 0.1) is 18.5 Å². The summed E-state index contributed by atoms with van der Waals surface area (Å²) >= 11 is 0. The number of rotatable bonds is 7. The lowest BCUT2D eigenvalue weighted by molar-refractivity contribution is -0.111. The molecule has 2 aromatic rings. The summed E-state index contributed by atoms with van der Waals surface area (Å²) < 4.78 is 34.4. The molecule has 5 nitrogen and oxygen atoms in total. The fourth-order valence-electron chi connectivity index (χ4n) is 1.88. The standard InChI is InChI=1S/C17H16F2N2O3/c1-2-23-15-10-12(5-7-14(15)24-17(18)19)6-8-16(22)21-13-4-3-9-20-11-13/h3-11,17H,2H2,1H3,(H,21,22). The number of halogens is 2. The van der Waals surface area contributed by atoms with Gasteiger partial charge in [0.2, 0.25) is 5.91 Å². The molecule has 0 saturated heterocycles. The van der Waals surface area contributed by atoms with E-state index in [1.54, 1.807) is 37.4 Å². The Kier molecular flexibility index (Phi) is 6.24. The smallest absolute Gasteiger partial charge is 0.387 e. The van der Waals surface area contributed by atoms with Gasteiger partial charge >= 0.3 is 6.61 Å². The molecule has 1 N–H and O–H groups in total. The van der Waals surface area contributed by atoms with E-state index in [2.05, 4.69) is 15.0 Å². The van der Waals surface area contributed by atoms with Gasteiger partial charge in [-0.05, 0) is 42.8 Å². The first kappa shape index (κ1) is 17.4. The largest absolute Gasteiger partial charge is 0.490 e. The first-order valence-corrected chi connectivity index (χ1v) is 7.19. The molecule has 0 aliphatic rings. The second-order valence-electron chi connectivity index (χ2n) is 4.58. The third-order valence-electron chi connectivity index (χ3n) is 2.84. The van der Waals surface area contributed by atoms with Crippen LogP contribution in [0.3, 0.4) is 0 Å². The number of hydrogen-bond acceptors (Lipinski definition) is 4. The van der Waals surface area contributed by atoms with Crippen LogP contribution in [-0.4, -0.2) is 24.1 Å². The van der Waals surface area contributed by atoms with Crippen LogP contribution in [-0.2, 0) is 4.79 Å². The van der Waals surface area contributed by atoms with E-state index < -0.39 is 6.61 Å². The third-order valence-corrected chi connectivity index (χ3v) is 2.84. The van der Waals surface area contributed by atoms with E-state index in [1.165, 1.54) is 24.4 Å². The van der Waals surface area contributed by atoms with Gasteiger partial charge in [-0.1, -0.05) is 6.07 Å². The number of aromatic nitrogens is 1. The molecule has 0 aliphatic carbocycles. The van der Waals surface area contributed by atoms with Crippen LogP contribution in [0, 0.1) is 0 Å². The van der Waals surface area contributed by atoms with Gasteiger partial charge in [0.1, 0.15) is 0 Å². The van der Waals surface area contributed by atoms with Crippen LogP contribution in [0.4, 0.5) is 14.5 Å². The zero-order valence-electron chi connectivity index (χ0n) is 12.9. The minimum absolute atomic E-state index is 0.0520. The zero-order valence-corrected chi connectivity index (χ0v) is 12.9. The summed E-state index contributed by atoms with van der Waals surface area (Å²) in [6, 6.07) is 7.86. The summed E-state index contributed by atoms with van der Waals surface area (Å²) in [6.45, 7) is -0.902. The molecule has 7 heteroatoms. The number of anilines is 1. The van der Waals surface area contributed by atoms with Crippen molar-refractivity contribution in [2.45, 2.75) is 13.5 Å². The maximum absolute atomic E-state index is 12.4. The predicted molar refractivity (Wildman–Crippen MR) is 86.1 cm³/mol. The SMILES string of the molecule is CCOc1cc(C=CC(=O)Nc2cccnc2)ccc1OC(F)F. The van der Waals surface area contributed by atoms with E-state index in [0.29, 0.717) is 17.9 Å². The molecular weight excluding hydrogens is 318 g/mol. The molecule has 24 heavy (non-hydrogen) atoms. The lowest BCUT2D eigenvalue weighted by Gasteiger charge is -2.11. The highest BCUT2D eigenvalue weighted by molar-refractivity contribution is 6.01. The Balaban J connectivity index is 2.08. The van der Waals surface area contributed by atoms with E-state index >= 15 is 0 Å². The highest BCUT2D eigenvalue weighted by Gasteiger charge is 2.11. The van der Waals surface area contributed by atoms with Gasteiger partial charge in [0.25, 0.3) is 0 Å². The monoisotopic (exact) mass is 334 g/mol. The first-order valence-electron chi connectivity index (χ1n) is 7.19. The Labute approximate surface area is 137 Å². The van der Waals surface area contributed by atoms with Gasteiger partial charge in [-0.15, -0.1) is 0 Å². The number of carbonyl (C=O) groups excluding carboxylic acids is 1. The number of nitrogens with zero attached hydrogens (tertiary/aromatic N) is 1. The van der Waals surface area contributed by atoms with E-state index in [9.17, 15) is 13.6 Å². The van der Waals surface area contributed by atoms with Crippen molar-refractivity contribution in [1.82, 2.24) is 4.98 Å². The van der Waals surface area contributed by atoms with Crippen molar-refractivity contribution >= 4 is 17.7 Å². The minimum atomic E-state index is -2.93. The molecular formula is C17H16F2N2O3. The Morgan fingerprint density at radius 1 is 1.33 bits per heavy atom. The maximum atomic E-state index is 12.4. The van der Waals surface area contributed by atoms with Crippen LogP contribution in [0.5, 0.6) is 11.5 Å². The molecule has 0 fully saturated rings. The number of pyridine rings is 1. The number of alkyl halides is 2. The molecule has 2 rings (SSSR count). The van der Waals surface area contributed by atoms with Gasteiger partial charge in [-0.2, -0.15) is 8.78 Å². The average Bonchev–Trinajstić information content (AvgIpc) is 2.56. The van der Waals surface area contributed by atoms with Crippen molar-refractivity contribution in [3.8, 4) is 11.5 Å². The fourth-order valence-corrected chi connectivity index (χ4v) is 1.88. The molecule has 1 aromatic carbocycles. The summed E-state index contributed by atoms with van der Waals surface area (Å²) in [5.74, 6) is -0.203. The summed E-state index contributed by atoms with van der Waals surface area (Å²) in [4.78, 5) is 15.7. The number of carbonyl (C=O) groups is 1. The van der Waals surface area contributed by atoms with Crippen LogP contribution in [0.2, 0.25) is 0 Å². The Morgan fingerprint density at radius 2 is 2.17 bits per heavy atom. The van der Waals surface area contributed by atoms with Crippen molar-refractivity contribution < 1.29 is 23.0 Å². The van der Waals surface area contributed by atoms with E-state index in [-0.39, 0.29) is 17.4 Å². The average molecular weight is 334 g/mol. The number of ether oxygens (including phenoxy) is 2. The molecule has 0 aliphatic heterocycles. The summed E-state index contributed by atoms with van der Waals surface area (Å²) in [5, 5.41) is 2.65. The van der Waals surface area contributed by atoms with Gasteiger partial charge in [-0.25, -0.2) is 0 Å². The highest BCUT2D eigenvalue weighted by Crippen LogP contribution is 2.30. The third kappa shape index (κ3) is 5.35. The molecule has 0 bridgehead atoms. The van der Waals surface area contributed by atoms with Crippen molar-refractivity contribution in [1.29, 1.82) is 0 Å². The second-order valence-corrected chi connectivity index (χ2v) is 4.58. The van der Waals surface area contributed by atoms with E-state index in [4.69, 9.17) is 4.74 Å². The van der Waals surface area contributed by atoms with Gasteiger partial charge in [-0.3, -0.25) is 9.78 Å². The quantitative estimate of drug-likeness (QED) is 0.784. The summed E-state index contributed by atoms with van der Waals surface area (Å²) in [6.07, 6.45) is 5.99. The lowest BCUT2D eigenvalue weighted by atomic mass is 10.2. The predicted octanol–water partition coefficient (Wildman–Crippen LogP) is 3.73. The Hall–Kier alpha value is -2.96. The van der Waals surface area contributed by atoms with Crippen LogP contribution in [0.1, 0.15) is 12.5 Å². The molecule has 1 amide bonds. The van der Waals surface area contributed by atoms with Crippen LogP contribution < -0.4 is 14.8 Å². The van der Waals surface area contributed by atoms with E-state index in [0.717, 1.165) is 0 Å². The molecule has 0 atom stereocenters.